The van der Waals surface area contributed by atoms with Gasteiger partial charge in [0.25, 0.3) is 0 Å². The summed E-state index contributed by atoms with van der Waals surface area (Å²) in [4.78, 5) is 45.6. The third-order valence-corrected chi connectivity index (χ3v) is 2.96. The standard InChI is InChI=1S/C10H19N2O6P/c1-5-11-10(14)12(18-9(13)7(2)3)8(4)6-19(15,16)17/h8H,2,5-6H2,1,3-4H3,(H,11,14)(H2,15,16,17). The molecule has 0 rings (SSSR count). The first kappa shape index (κ1) is 17.6. The van der Waals surface area contributed by atoms with E-state index in [4.69, 9.17) is 14.6 Å². The second-order valence-electron chi connectivity index (χ2n) is 4.02. The van der Waals surface area contributed by atoms with E-state index in [1.807, 2.05) is 0 Å². The van der Waals surface area contributed by atoms with Crippen LogP contribution in [0, 0.1) is 0 Å². The van der Waals surface area contributed by atoms with Crippen LogP contribution in [0.2, 0.25) is 0 Å². The molecule has 1 unspecified atom stereocenters. The zero-order valence-corrected chi connectivity index (χ0v) is 12.0. The lowest BCUT2D eigenvalue weighted by Crippen LogP contribution is -2.47. The van der Waals surface area contributed by atoms with Gasteiger partial charge in [-0.05, 0) is 20.8 Å². The predicted molar refractivity (Wildman–Crippen MR) is 68.2 cm³/mol. The van der Waals surface area contributed by atoms with E-state index in [0.29, 0.717) is 5.06 Å². The number of urea groups is 1. The Balaban J connectivity index is 4.95. The molecule has 0 saturated carbocycles. The maximum Gasteiger partial charge on any atom is 0.358 e. The lowest BCUT2D eigenvalue weighted by Gasteiger charge is -2.27. The van der Waals surface area contributed by atoms with E-state index in [1.54, 1.807) is 6.92 Å². The fourth-order valence-corrected chi connectivity index (χ4v) is 1.98. The summed E-state index contributed by atoms with van der Waals surface area (Å²) in [6, 6.07) is -1.73. The number of amides is 2. The zero-order chi connectivity index (χ0) is 15.2. The van der Waals surface area contributed by atoms with E-state index in [1.165, 1.54) is 13.8 Å². The van der Waals surface area contributed by atoms with Crippen molar-refractivity contribution < 1.29 is 28.8 Å². The minimum Gasteiger partial charge on any atom is -0.336 e. The van der Waals surface area contributed by atoms with E-state index < -0.39 is 31.8 Å². The van der Waals surface area contributed by atoms with Crippen LogP contribution in [-0.2, 0) is 14.2 Å². The number of nitrogens with one attached hydrogen (secondary N) is 1. The van der Waals surface area contributed by atoms with Gasteiger partial charge >= 0.3 is 19.6 Å². The highest BCUT2D eigenvalue weighted by Crippen LogP contribution is 2.36. The van der Waals surface area contributed by atoms with Crippen LogP contribution in [0.5, 0.6) is 0 Å². The topological polar surface area (TPSA) is 116 Å². The molecule has 0 aliphatic carbocycles. The molecular formula is C10H19N2O6P. The Morgan fingerprint density at radius 2 is 2.00 bits per heavy atom. The molecule has 0 heterocycles. The normalized spacial score (nSPS) is 12.5. The van der Waals surface area contributed by atoms with E-state index >= 15 is 0 Å². The van der Waals surface area contributed by atoms with Gasteiger partial charge in [0.2, 0.25) is 0 Å². The summed E-state index contributed by atoms with van der Waals surface area (Å²) < 4.78 is 10.9. The Labute approximate surface area is 111 Å². The van der Waals surface area contributed by atoms with Crippen LogP contribution in [0.3, 0.4) is 0 Å². The van der Waals surface area contributed by atoms with Crippen molar-refractivity contribution in [1.82, 2.24) is 10.4 Å². The molecule has 9 heteroatoms. The van der Waals surface area contributed by atoms with Gasteiger partial charge in [-0.2, -0.15) is 0 Å². The van der Waals surface area contributed by atoms with Crippen molar-refractivity contribution in [2.24, 2.45) is 0 Å². The van der Waals surface area contributed by atoms with E-state index in [0.717, 1.165) is 0 Å². The third kappa shape index (κ3) is 6.95. The van der Waals surface area contributed by atoms with E-state index in [-0.39, 0.29) is 12.1 Å². The minimum atomic E-state index is -4.34. The van der Waals surface area contributed by atoms with Gasteiger partial charge in [0.1, 0.15) is 0 Å². The molecule has 0 aliphatic rings. The van der Waals surface area contributed by atoms with Crippen molar-refractivity contribution in [3.8, 4) is 0 Å². The number of hydrogen-bond donors (Lipinski definition) is 3. The Morgan fingerprint density at radius 1 is 1.47 bits per heavy atom. The fourth-order valence-electron chi connectivity index (χ4n) is 1.15. The molecule has 0 aliphatic heterocycles. The Bertz CT molecular complexity index is 405. The van der Waals surface area contributed by atoms with Gasteiger partial charge in [0.05, 0.1) is 12.2 Å². The summed E-state index contributed by atoms with van der Waals surface area (Å²) in [7, 11) is -4.34. The molecule has 8 nitrogen and oxygen atoms in total. The van der Waals surface area contributed by atoms with Crippen LogP contribution in [0.25, 0.3) is 0 Å². The van der Waals surface area contributed by atoms with Gasteiger partial charge in [-0.15, -0.1) is 5.06 Å². The summed E-state index contributed by atoms with van der Waals surface area (Å²) in [5, 5.41) is 2.99. The molecule has 0 aromatic carbocycles. The van der Waals surface area contributed by atoms with Crippen molar-refractivity contribution in [2.75, 3.05) is 12.7 Å². The molecule has 0 aromatic heterocycles. The van der Waals surface area contributed by atoms with Crippen molar-refractivity contribution in [1.29, 1.82) is 0 Å². The van der Waals surface area contributed by atoms with Crippen LogP contribution in [-0.4, -0.2) is 45.6 Å². The van der Waals surface area contributed by atoms with Crippen LogP contribution in [0.1, 0.15) is 20.8 Å². The number of carbonyl (C=O) groups excluding carboxylic acids is 2. The second kappa shape index (κ2) is 7.28. The largest absolute Gasteiger partial charge is 0.358 e. The first-order valence-corrected chi connectivity index (χ1v) is 7.37. The average molecular weight is 294 g/mol. The van der Waals surface area contributed by atoms with Gasteiger partial charge in [-0.25, -0.2) is 9.59 Å². The van der Waals surface area contributed by atoms with Gasteiger partial charge < -0.3 is 19.9 Å². The number of nitrogens with zero attached hydrogens (tertiary/aromatic N) is 1. The van der Waals surface area contributed by atoms with Gasteiger partial charge in [-0.3, -0.25) is 4.57 Å². The van der Waals surface area contributed by atoms with Crippen LogP contribution in [0.15, 0.2) is 12.2 Å². The molecule has 19 heavy (non-hydrogen) atoms. The Morgan fingerprint density at radius 3 is 2.37 bits per heavy atom. The highest BCUT2D eigenvalue weighted by molar-refractivity contribution is 7.51. The molecule has 110 valence electrons. The molecule has 0 spiro atoms. The van der Waals surface area contributed by atoms with E-state index in [9.17, 15) is 14.2 Å². The summed E-state index contributed by atoms with van der Waals surface area (Å²) >= 11 is 0. The molecule has 0 saturated heterocycles. The first-order chi connectivity index (χ1) is 8.58. The molecule has 1 atom stereocenters. The first-order valence-electron chi connectivity index (χ1n) is 5.58. The third-order valence-electron chi connectivity index (χ3n) is 1.96. The molecule has 0 radical (unpaired) electrons. The number of hydrogen-bond acceptors (Lipinski definition) is 4. The summed E-state index contributed by atoms with van der Waals surface area (Å²) in [6.07, 6.45) is -0.617. The lowest BCUT2D eigenvalue weighted by atomic mass is 10.3. The highest BCUT2D eigenvalue weighted by atomic mass is 31.2. The maximum atomic E-state index is 11.7. The van der Waals surface area contributed by atoms with Gasteiger partial charge in [-0.1, -0.05) is 6.58 Å². The highest BCUT2D eigenvalue weighted by Gasteiger charge is 2.30. The second-order valence-corrected chi connectivity index (χ2v) is 5.71. The smallest absolute Gasteiger partial charge is 0.336 e. The molecule has 2 amide bonds. The van der Waals surface area contributed by atoms with Crippen LogP contribution < -0.4 is 5.32 Å². The average Bonchev–Trinajstić information content (AvgIpc) is 2.22. The Kier molecular flexibility index (Phi) is 6.75. The lowest BCUT2D eigenvalue weighted by molar-refractivity contribution is -0.177. The minimum absolute atomic E-state index is 0.0673. The van der Waals surface area contributed by atoms with Gasteiger partial charge in [0.15, 0.2) is 0 Å². The number of hydroxylamine groups is 2. The number of rotatable bonds is 5. The molecule has 0 aromatic rings. The van der Waals surface area contributed by atoms with Crippen LogP contribution in [0.4, 0.5) is 4.79 Å². The summed E-state index contributed by atoms with van der Waals surface area (Å²) in [5.41, 5.74) is 0.0673. The predicted octanol–water partition coefficient (Wildman–Crippen LogP) is 0.618. The van der Waals surface area contributed by atoms with Gasteiger partial charge in [0, 0.05) is 12.1 Å². The zero-order valence-electron chi connectivity index (χ0n) is 11.1. The molecular weight excluding hydrogens is 275 g/mol. The van der Waals surface area contributed by atoms with Crippen molar-refractivity contribution in [3.63, 3.8) is 0 Å². The molecule has 0 fully saturated rings. The quantitative estimate of drug-likeness (QED) is 0.389. The van der Waals surface area contributed by atoms with Crippen molar-refractivity contribution in [2.45, 2.75) is 26.8 Å². The van der Waals surface area contributed by atoms with Crippen molar-refractivity contribution in [3.05, 3.63) is 12.2 Å². The summed E-state index contributed by atoms with van der Waals surface area (Å²) in [5.74, 6) is -0.844. The fraction of sp³-hybridized carbons (Fsp3) is 0.600. The maximum absolute atomic E-state index is 11.7. The monoisotopic (exact) mass is 294 g/mol. The van der Waals surface area contributed by atoms with Crippen LogP contribution >= 0.6 is 7.60 Å². The molecule has 3 N–H and O–H groups in total. The SMILES string of the molecule is C=C(C)C(=O)ON(C(=O)NCC)C(C)CP(=O)(O)O. The van der Waals surface area contributed by atoms with E-state index in [2.05, 4.69) is 11.9 Å². The number of carbonyl (C=O) groups is 2. The van der Waals surface area contributed by atoms with Crippen molar-refractivity contribution >= 4 is 19.6 Å². The summed E-state index contributed by atoms with van der Waals surface area (Å²) in [6.45, 7) is 8.05. The molecule has 0 bridgehead atoms. The Hall–Kier alpha value is -1.37.